The molecular formula is C15H18N4O2S. The summed E-state index contributed by atoms with van der Waals surface area (Å²) in [5.41, 5.74) is 0.321. The number of hydrogen-bond acceptors (Lipinski definition) is 5. The summed E-state index contributed by atoms with van der Waals surface area (Å²) in [5.74, 6) is 0.0510. The first-order valence-corrected chi connectivity index (χ1v) is 7.68. The molecule has 0 aliphatic carbocycles. The monoisotopic (exact) mass is 318 g/mol. The van der Waals surface area contributed by atoms with E-state index < -0.39 is 0 Å². The van der Waals surface area contributed by atoms with Crippen LogP contribution in [0.4, 0.5) is 10.9 Å². The molecule has 0 aliphatic rings. The van der Waals surface area contributed by atoms with Crippen LogP contribution < -0.4 is 10.6 Å². The van der Waals surface area contributed by atoms with Gasteiger partial charge in [-0.2, -0.15) is 0 Å². The fraction of sp³-hybridized carbons (Fsp3) is 0.333. The van der Waals surface area contributed by atoms with Crippen LogP contribution in [-0.4, -0.2) is 21.8 Å². The average molecular weight is 318 g/mol. The van der Waals surface area contributed by atoms with Crippen molar-refractivity contribution in [3.05, 3.63) is 35.5 Å². The number of carbonyl (C=O) groups excluding carboxylic acids is 2. The Morgan fingerprint density at radius 1 is 1.18 bits per heavy atom. The number of aromatic nitrogens is 2. The van der Waals surface area contributed by atoms with Gasteiger partial charge in [0.25, 0.3) is 5.91 Å². The fourth-order valence-electron chi connectivity index (χ4n) is 1.73. The molecule has 2 heterocycles. The molecule has 22 heavy (non-hydrogen) atoms. The normalized spacial score (nSPS) is 11.0. The van der Waals surface area contributed by atoms with Crippen molar-refractivity contribution < 1.29 is 9.59 Å². The van der Waals surface area contributed by atoms with Crippen molar-refractivity contribution in [1.82, 2.24) is 9.97 Å². The quantitative estimate of drug-likeness (QED) is 0.907. The first-order chi connectivity index (χ1) is 10.3. The number of amides is 2. The van der Waals surface area contributed by atoms with E-state index in [1.807, 2.05) is 20.8 Å². The van der Waals surface area contributed by atoms with Crippen LogP contribution >= 0.6 is 11.3 Å². The zero-order valence-corrected chi connectivity index (χ0v) is 13.5. The summed E-state index contributed by atoms with van der Waals surface area (Å²) in [5, 5.41) is 7.70. The summed E-state index contributed by atoms with van der Waals surface area (Å²) in [7, 11) is 0. The summed E-state index contributed by atoms with van der Waals surface area (Å²) in [6, 6.07) is 3.22. The van der Waals surface area contributed by atoms with Crippen molar-refractivity contribution in [2.45, 2.75) is 27.2 Å². The second-order valence-corrected chi connectivity index (χ2v) is 6.90. The molecule has 0 spiro atoms. The van der Waals surface area contributed by atoms with Gasteiger partial charge in [0.15, 0.2) is 5.13 Å². The van der Waals surface area contributed by atoms with Crippen LogP contribution in [0.3, 0.4) is 0 Å². The lowest BCUT2D eigenvalue weighted by molar-refractivity contribution is -0.117. The van der Waals surface area contributed by atoms with E-state index in [-0.39, 0.29) is 17.2 Å². The molecule has 0 saturated heterocycles. The molecule has 0 bridgehead atoms. The van der Waals surface area contributed by atoms with Crippen LogP contribution in [0.15, 0.2) is 29.9 Å². The topological polar surface area (TPSA) is 84.0 Å². The number of pyridine rings is 1. The highest BCUT2D eigenvalue weighted by Crippen LogP contribution is 2.19. The predicted molar refractivity (Wildman–Crippen MR) is 87.0 cm³/mol. The number of anilines is 2. The second kappa shape index (κ2) is 6.65. The molecule has 2 amide bonds. The summed E-state index contributed by atoms with van der Waals surface area (Å²) < 4.78 is 0. The number of carbonyl (C=O) groups is 2. The predicted octanol–water partition coefficient (Wildman–Crippen LogP) is 3.17. The molecular weight excluding hydrogens is 300 g/mol. The second-order valence-electron chi connectivity index (χ2n) is 6.01. The zero-order chi connectivity index (χ0) is 16.2. The molecule has 0 unspecified atom stereocenters. The van der Waals surface area contributed by atoms with Crippen molar-refractivity contribution in [3.63, 3.8) is 0 Å². The lowest BCUT2D eigenvalue weighted by Crippen LogP contribution is -2.20. The number of thiazole rings is 1. The van der Waals surface area contributed by atoms with Gasteiger partial charge in [-0.1, -0.05) is 20.8 Å². The number of nitrogens with one attached hydrogen (secondary N) is 2. The number of rotatable bonds is 4. The molecule has 0 aliphatic heterocycles. The molecule has 6 nitrogen and oxygen atoms in total. The van der Waals surface area contributed by atoms with Gasteiger partial charge in [0, 0.05) is 24.2 Å². The molecule has 0 aromatic carbocycles. The largest absolute Gasteiger partial charge is 0.311 e. The van der Waals surface area contributed by atoms with E-state index in [0.29, 0.717) is 22.9 Å². The lowest BCUT2D eigenvalue weighted by Gasteiger charge is -2.16. The Morgan fingerprint density at radius 3 is 2.50 bits per heavy atom. The van der Waals surface area contributed by atoms with Gasteiger partial charge < -0.3 is 5.32 Å². The van der Waals surface area contributed by atoms with E-state index in [9.17, 15) is 9.59 Å². The van der Waals surface area contributed by atoms with Gasteiger partial charge in [-0.3, -0.25) is 14.9 Å². The van der Waals surface area contributed by atoms with E-state index in [2.05, 4.69) is 20.6 Å². The molecule has 0 saturated carbocycles. The number of hydrogen-bond donors (Lipinski definition) is 2. The van der Waals surface area contributed by atoms with Gasteiger partial charge in [0.2, 0.25) is 5.91 Å². The molecule has 2 aromatic heterocycles. The van der Waals surface area contributed by atoms with Gasteiger partial charge in [0.1, 0.15) is 5.82 Å². The maximum atomic E-state index is 12.0. The van der Waals surface area contributed by atoms with Gasteiger partial charge in [-0.25, -0.2) is 9.97 Å². The maximum absolute atomic E-state index is 12.0. The Hall–Kier alpha value is -2.28. The van der Waals surface area contributed by atoms with Gasteiger partial charge in [0.05, 0.1) is 5.56 Å². The minimum absolute atomic E-state index is 0.0857. The third-order valence-corrected chi connectivity index (χ3v) is 3.33. The molecule has 116 valence electrons. The molecule has 7 heteroatoms. The molecule has 2 N–H and O–H groups in total. The van der Waals surface area contributed by atoms with Crippen molar-refractivity contribution >= 4 is 34.1 Å². The lowest BCUT2D eigenvalue weighted by atomic mass is 9.92. The average Bonchev–Trinajstić information content (AvgIpc) is 2.90. The van der Waals surface area contributed by atoms with Crippen molar-refractivity contribution in [2.75, 3.05) is 10.6 Å². The highest BCUT2D eigenvalue weighted by molar-refractivity contribution is 7.13. The van der Waals surface area contributed by atoms with E-state index in [4.69, 9.17) is 0 Å². The Kier molecular flexibility index (Phi) is 4.87. The Labute approximate surface area is 133 Å². The van der Waals surface area contributed by atoms with Gasteiger partial charge in [-0.05, 0) is 17.5 Å². The van der Waals surface area contributed by atoms with Crippen molar-refractivity contribution in [3.8, 4) is 0 Å². The van der Waals surface area contributed by atoms with Crippen LogP contribution in [0.2, 0.25) is 0 Å². The van der Waals surface area contributed by atoms with Gasteiger partial charge >= 0.3 is 0 Å². The SMILES string of the molecule is CC(C)(C)CC(=O)Nc1ccc(C(=O)Nc2nccs2)cn1. The minimum Gasteiger partial charge on any atom is -0.311 e. The van der Waals surface area contributed by atoms with Crippen LogP contribution in [0, 0.1) is 5.41 Å². The third-order valence-electron chi connectivity index (χ3n) is 2.64. The van der Waals surface area contributed by atoms with Crippen molar-refractivity contribution in [2.24, 2.45) is 5.41 Å². The summed E-state index contributed by atoms with van der Waals surface area (Å²) in [6.07, 6.45) is 3.45. The number of nitrogens with zero attached hydrogens (tertiary/aromatic N) is 2. The first kappa shape index (κ1) is 16.1. The van der Waals surface area contributed by atoms with E-state index >= 15 is 0 Å². The van der Waals surface area contributed by atoms with Crippen LogP contribution in [0.5, 0.6) is 0 Å². The van der Waals surface area contributed by atoms with E-state index in [1.54, 1.807) is 23.7 Å². The van der Waals surface area contributed by atoms with Gasteiger partial charge in [-0.15, -0.1) is 11.3 Å². The Balaban J connectivity index is 1.95. The first-order valence-electron chi connectivity index (χ1n) is 6.80. The van der Waals surface area contributed by atoms with E-state index in [0.717, 1.165) is 0 Å². The molecule has 0 radical (unpaired) electrons. The summed E-state index contributed by atoms with van der Waals surface area (Å²) in [4.78, 5) is 31.9. The molecule has 2 aromatic rings. The van der Waals surface area contributed by atoms with Crippen LogP contribution in [0.1, 0.15) is 37.6 Å². The third kappa shape index (κ3) is 4.92. The van der Waals surface area contributed by atoms with Crippen LogP contribution in [-0.2, 0) is 4.79 Å². The molecule has 0 atom stereocenters. The molecule has 2 rings (SSSR count). The van der Waals surface area contributed by atoms with Crippen LogP contribution in [0.25, 0.3) is 0 Å². The molecule has 0 fully saturated rings. The van der Waals surface area contributed by atoms with E-state index in [1.165, 1.54) is 17.5 Å². The summed E-state index contributed by atoms with van der Waals surface area (Å²) in [6.45, 7) is 5.98. The highest BCUT2D eigenvalue weighted by atomic mass is 32.1. The zero-order valence-electron chi connectivity index (χ0n) is 12.7. The fourth-order valence-corrected chi connectivity index (χ4v) is 2.25. The Morgan fingerprint density at radius 2 is 1.95 bits per heavy atom. The Bertz CT molecular complexity index is 645. The highest BCUT2D eigenvalue weighted by Gasteiger charge is 2.16. The minimum atomic E-state index is -0.282. The summed E-state index contributed by atoms with van der Waals surface area (Å²) >= 11 is 1.34. The van der Waals surface area contributed by atoms with Crippen molar-refractivity contribution in [1.29, 1.82) is 0 Å². The smallest absolute Gasteiger partial charge is 0.259 e. The standard InChI is InChI=1S/C15H18N4O2S/c1-15(2,3)8-12(20)18-11-5-4-10(9-17-11)13(21)19-14-16-6-7-22-14/h4-7,9H,8H2,1-3H3,(H,16,19,21)(H,17,18,20). The maximum Gasteiger partial charge on any atom is 0.259 e.